The first-order valence-electron chi connectivity index (χ1n) is 10.5. The molecule has 4 aromatic heterocycles. The van der Waals surface area contributed by atoms with Crippen molar-refractivity contribution in [3.8, 4) is 11.5 Å². The number of hydrogen-bond acceptors (Lipinski definition) is 8. The average Bonchev–Trinajstić information content (AvgIpc) is 3.42. The van der Waals surface area contributed by atoms with Crippen molar-refractivity contribution >= 4 is 34.7 Å². The van der Waals surface area contributed by atoms with Gasteiger partial charge < -0.3 is 20.0 Å². The minimum Gasteiger partial charge on any atom is -0.383 e. The monoisotopic (exact) mass is 506 g/mol. The Hall–Kier alpha value is -3.74. The number of carbonyl (C=O) groups is 1. The Bertz CT molecular complexity index is 1480. The molecule has 0 fully saturated rings. The van der Waals surface area contributed by atoms with Crippen molar-refractivity contribution in [3.63, 3.8) is 0 Å². The molecule has 1 amide bonds. The molecule has 5 heterocycles. The van der Waals surface area contributed by atoms with E-state index in [-0.39, 0.29) is 47.7 Å². The van der Waals surface area contributed by atoms with Crippen LogP contribution in [-0.4, -0.2) is 41.6 Å². The number of pyridine rings is 1. The maximum atomic E-state index is 12.9. The van der Waals surface area contributed by atoms with Crippen LogP contribution in [0.2, 0.25) is 5.02 Å². The zero-order valence-corrected chi connectivity index (χ0v) is 19.2. The first-order chi connectivity index (χ1) is 16.5. The number of nitrogen functional groups attached to an aromatic ring is 1. The smallest absolute Gasteiger partial charge is 0.383 e. The van der Waals surface area contributed by atoms with Crippen molar-refractivity contribution in [2.75, 3.05) is 11.1 Å². The van der Waals surface area contributed by atoms with Crippen LogP contribution in [0, 0.1) is 6.92 Å². The highest BCUT2D eigenvalue weighted by Gasteiger charge is 2.51. The van der Waals surface area contributed by atoms with Crippen LogP contribution in [0.4, 0.5) is 24.8 Å². The van der Waals surface area contributed by atoms with Crippen LogP contribution in [0.5, 0.6) is 0 Å². The van der Waals surface area contributed by atoms with Crippen molar-refractivity contribution in [2.45, 2.75) is 44.7 Å². The van der Waals surface area contributed by atoms with E-state index in [0.29, 0.717) is 21.9 Å². The van der Waals surface area contributed by atoms with Crippen LogP contribution < -0.4 is 11.1 Å². The molecule has 14 heteroatoms. The minimum atomic E-state index is -4.27. The number of imidazole rings is 1. The first-order valence-corrected chi connectivity index (χ1v) is 10.9. The molecule has 0 aliphatic carbocycles. The third kappa shape index (κ3) is 3.85. The van der Waals surface area contributed by atoms with E-state index < -0.39 is 23.9 Å². The summed E-state index contributed by atoms with van der Waals surface area (Å²) in [6, 6.07) is 3.28. The lowest BCUT2D eigenvalue weighted by Gasteiger charge is -2.18. The van der Waals surface area contributed by atoms with Gasteiger partial charge in [0.2, 0.25) is 11.8 Å². The van der Waals surface area contributed by atoms with E-state index in [4.69, 9.17) is 21.9 Å². The minimum absolute atomic E-state index is 0.00189. The molecule has 5 rings (SSSR count). The van der Waals surface area contributed by atoms with Crippen LogP contribution in [0.25, 0.3) is 17.0 Å². The summed E-state index contributed by atoms with van der Waals surface area (Å²) < 4.78 is 44.6. The van der Waals surface area contributed by atoms with Crippen molar-refractivity contribution in [2.24, 2.45) is 0 Å². The van der Waals surface area contributed by atoms with E-state index in [0.717, 1.165) is 0 Å². The molecule has 3 N–H and O–H groups in total. The van der Waals surface area contributed by atoms with Crippen molar-refractivity contribution in [3.05, 3.63) is 46.5 Å². The van der Waals surface area contributed by atoms with Gasteiger partial charge in [0.15, 0.2) is 11.6 Å². The third-order valence-electron chi connectivity index (χ3n) is 5.84. The summed E-state index contributed by atoms with van der Waals surface area (Å²) in [4.78, 5) is 30.5. The van der Waals surface area contributed by atoms with E-state index in [9.17, 15) is 18.0 Å². The highest BCUT2D eigenvalue weighted by atomic mass is 35.5. The number of nitrogens with one attached hydrogen (secondary N) is 1. The summed E-state index contributed by atoms with van der Waals surface area (Å²) in [5.41, 5.74) is 6.02. The zero-order valence-electron chi connectivity index (χ0n) is 18.4. The van der Waals surface area contributed by atoms with Gasteiger partial charge in [-0.3, -0.25) is 4.79 Å². The number of anilines is 2. The topological polar surface area (TPSA) is 137 Å². The predicted molar refractivity (Wildman–Crippen MR) is 119 cm³/mol. The second-order valence-corrected chi connectivity index (χ2v) is 8.76. The summed E-state index contributed by atoms with van der Waals surface area (Å²) in [6.07, 6.45) is -3.76. The number of hydrogen-bond donors (Lipinski definition) is 2. The maximum absolute atomic E-state index is 12.9. The van der Waals surface area contributed by atoms with E-state index in [1.165, 1.54) is 0 Å². The fourth-order valence-electron chi connectivity index (χ4n) is 4.14. The summed E-state index contributed by atoms with van der Waals surface area (Å²) in [6.45, 7) is 3.18. The molecule has 0 aromatic carbocycles. The maximum Gasteiger partial charge on any atom is 0.389 e. The van der Waals surface area contributed by atoms with Gasteiger partial charge in [-0.2, -0.15) is 18.2 Å². The standard InChI is InChI=1S/C21H18ClF3N8O2/c1-9-27-18(32-35-9)20(2)13-15(26)29-17(30-16(13)31-19(20)34)14-11-6-5-10(22)8-33(11)12(28-14)4-3-7-21(23,24)25/h5-6,8H,3-4,7H2,1-2H3,(H3,26,29,30,31,34). The van der Waals surface area contributed by atoms with E-state index in [1.54, 1.807) is 36.6 Å². The average molecular weight is 507 g/mol. The Morgan fingerprint density at radius 1 is 1.23 bits per heavy atom. The van der Waals surface area contributed by atoms with E-state index >= 15 is 0 Å². The lowest BCUT2D eigenvalue weighted by molar-refractivity contribution is -0.135. The second kappa shape index (κ2) is 7.90. The van der Waals surface area contributed by atoms with Gasteiger partial charge in [0, 0.05) is 26.0 Å². The summed E-state index contributed by atoms with van der Waals surface area (Å²) >= 11 is 6.12. The largest absolute Gasteiger partial charge is 0.389 e. The number of rotatable bonds is 5. The van der Waals surface area contributed by atoms with Crippen LogP contribution in [-0.2, 0) is 16.6 Å². The van der Waals surface area contributed by atoms with Crippen LogP contribution >= 0.6 is 11.6 Å². The number of fused-ring (bicyclic) bond motifs is 2. The van der Waals surface area contributed by atoms with Crippen molar-refractivity contribution in [1.29, 1.82) is 0 Å². The van der Waals surface area contributed by atoms with Gasteiger partial charge in [-0.25, -0.2) is 15.0 Å². The molecule has 1 aliphatic heterocycles. The molecule has 0 radical (unpaired) electrons. The van der Waals surface area contributed by atoms with Crippen molar-refractivity contribution < 1.29 is 22.5 Å². The van der Waals surface area contributed by atoms with Crippen LogP contribution in [0.1, 0.15) is 42.9 Å². The number of nitrogens with zero attached hydrogens (tertiary/aromatic N) is 6. The van der Waals surface area contributed by atoms with Gasteiger partial charge >= 0.3 is 6.18 Å². The van der Waals surface area contributed by atoms with Crippen LogP contribution in [0.15, 0.2) is 22.9 Å². The molecule has 1 unspecified atom stereocenters. The highest BCUT2D eigenvalue weighted by molar-refractivity contribution is 6.30. The molecular weight excluding hydrogens is 489 g/mol. The van der Waals surface area contributed by atoms with Gasteiger partial charge in [0.25, 0.3) is 0 Å². The van der Waals surface area contributed by atoms with Gasteiger partial charge in [-0.1, -0.05) is 16.8 Å². The molecule has 35 heavy (non-hydrogen) atoms. The molecular formula is C21H18ClF3N8O2. The molecule has 1 atom stereocenters. The number of aromatic nitrogens is 6. The summed E-state index contributed by atoms with van der Waals surface area (Å²) in [5, 5.41) is 6.94. The van der Waals surface area contributed by atoms with E-state index in [2.05, 4.69) is 30.4 Å². The SMILES string of the molecule is Cc1nc(C2(C)C(=O)Nc3nc(-c4nc(CCCC(F)(F)F)n5cc(Cl)ccc45)nc(N)c32)no1. The number of alkyl halides is 3. The lowest BCUT2D eigenvalue weighted by Crippen LogP contribution is -2.34. The summed E-state index contributed by atoms with van der Waals surface area (Å²) in [7, 11) is 0. The zero-order chi connectivity index (χ0) is 25.1. The Labute approximate surface area is 200 Å². The normalized spacial score (nSPS) is 17.7. The lowest BCUT2D eigenvalue weighted by atomic mass is 9.83. The Morgan fingerprint density at radius 2 is 2.00 bits per heavy atom. The van der Waals surface area contributed by atoms with Gasteiger partial charge in [-0.05, 0) is 25.5 Å². The fourth-order valence-corrected chi connectivity index (χ4v) is 4.30. The molecule has 1 aliphatic rings. The fraction of sp³-hybridized carbons (Fsp3) is 0.333. The van der Waals surface area contributed by atoms with Crippen molar-refractivity contribution in [1.82, 2.24) is 29.5 Å². The molecule has 0 spiro atoms. The molecule has 0 saturated heterocycles. The Morgan fingerprint density at radius 3 is 2.69 bits per heavy atom. The summed E-state index contributed by atoms with van der Waals surface area (Å²) in [5.74, 6) is 0.555. The quantitative estimate of drug-likeness (QED) is 0.416. The molecule has 0 saturated carbocycles. The first kappa shape index (κ1) is 23.0. The molecule has 182 valence electrons. The number of aryl methyl sites for hydroxylation is 2. The number of halogens is 4. The third-order valence-corrected chi connectivity index (χ3v) is 6.07. The predicted octanol–water partition coefficient (Wildman–Crippen LogP) is 3.86. The van der Waals surface area contributed by atoms with Gasteiger partial charge in [-0.15, -0.1) is 0 Å². The molecule has 10 nitrogen and oxygen atoms in total. The Balaban J connectivity index is 1.60. The van der Waals surface area contributed by atoms with E-state index in [1.807, 2.05) is 0 Å². The number of carbonyl (C=O) groups excluding carboxylic acids is 1. The highest BCUT2D eigenvalue weighted by Crippen LogP contribution is 2.44. The molecule has 0 bridgehead atoms. The Kier molecular flexibility index (Phi) is 5.20. The van der Waals surface area contributed by atoms with Gasteiger partial charge in [0.1, 0.15) is 28.6 Å². The van der Waals surface area contributed by atoms with Crippen LogP contribution in [0.3, 0.4) is 0 Å². The second-order valence-electron chi connectivity index (χ2n) is 8.32. The number of nitrogens with two attached hydrogens (primary N) is 1. The molecule has 4 aromatic rings. The number of amides is 1. The van der Waals surface area contributed by atoms with Gasteiger partial charge in [0.05, 0.1) is 16.1 Å².